The van der Waals surface area contributed by atoms with E-state index < -0.39 is 5.54 Å². The van der Waals surface area contributed by atoms with Crippen LogP contribution in [0, 0.1) is 5.92 Å². The highest BCUT2D eigenvalue weighted by molar-refractivity contribution is 5.96. The Morgan fingerprint density at radius 3 is 2.48 bits per heavy atom. The largest absolute Gasteiger partial charge is 0.352 e. The number of hydrogen-bond acceptors (Lipinski definition) is 3. The van der Waals surface area contributed by atoms with Crippen LogP contribution in [0.4, 0.5) is 5.69 Å². The lowest BCUT2D eigenvalue weighted by Crippen LogP contribution is -2.51. The molecule has 4 N–H and O–H groups in total. The molecule has 1 saturated carbocycles. The third-order valence-electron chi connectivity index (χ3n) is 4.32. The molecule has 0 aliphatic heterocycles. The van der Waals surface area contributed by atoms with Crippen molar-refractivity contribution in [2.75, 3.05) is 11.9 Å². The van der Waals surface area contributed by atoms with Gasteiger partial charge in [-0.25, -0.2) is 0 Å². The summed E-state index contributed by atoms with van der Waals surface area (Å²) in [6, 6.07) is 6.92. The summed E-state index contributed by atoms with van der Waals surface area (Å²) in [5, 5.41) is 5.66. The number of anilines is 1. The minimum Gasteiger partial charge on any atom is -0.352 e. The predicted molar refractivity (Wildman–Crippen MR) is 94.9 cm³/mol. The lowest BCUT2D eigenvalue weighted by molar-refractivity contribution is -0.122. The van der Waals surface area contributed by atoms with E-state index in [1.165, 1.54) is 0 Å². The smallest absolute Gasteiger partial charge is 0.251 e. The van der Waals surface area contributed by atoms with Crippen LogP contribution >= 0.6 is 12.4 Å². The topological polar surface area (TPSA) is 84.2 Å². The molecule has 5 nitrogen and oxygen atoms in total. The van der Waals surface area contributed by atoms with Crippen LogP contribution in [0.3, 0.4) is 0 Å². The molecule has 2 rings (SSSR count). The molecule has 2 unspecified atom stereocenters. The first-order valence-electron chi connectivity index (χ1n) is 7.92. The molecule has 6 heteroatoms. The zero-order chi connectivity index (χ0) is 16.2. The number of amides is 2. The van der Waals surface area contributed by atoms with Crippen molar-refractivity contribution < 1.29 is 9.59 Å². The van der Waals surface area contributed by atoms with Gasteiger partial charge >= 0.3 is 0 Å². The van der Waals surface area contributed by atoms with Crippen molar-refractivity contribution in [2.45, 2.75) is 45.1 Å². The van der Waals surface area contributed by atoms with Gasteiger partial charge in [-0.05, 0) is 51.0 Å². The van der Waals surface area contributed by atoms with E-state index >= 15 is 0 Å². The molecular formula is C17H26ClN3O2. The molecule has 0 radical (unpaired) electrons. The lowest BCUT2D eigenvalue weighted by Gasteiger charge is -2.37. The zero-order valence-corrected chi connectivity index (χ0v) is 14.5. The van der Waals surface area contributed by atoms with E-state index in [0.29, 0.717) is 17.8 Å². The van der Waals surface area contributed by atoms with Crippen molar-refractivity contribution in [1.82, 2.24) is 5.32 Å². The van der Waals surface area contributed by atoms with Crippen LogP contribution in [0.25, 0.3) is 0 Å². The number of nitrogens with one attached hydrogen (secondary N) is 2. The first kappa shape index (κ1) is 19.5. The summed E-state index contributed by atoms with van der Waals surface area (Å²) in [5.41, 5.74) is 7.10. The maximum Gasteiger partial charge on any atom is 0.251 e. The van der Waals surface area contributed by atoms with E-state index in [1.807, 2.05) is 13.8 Å². The van der Waals surface area contributed by atoms with Gasteiger partial charge in [0.2, 0.25) is 5.91 Å². The van der Waals surface area contributed by atoms with Gasteiger partial charge in [0.15, 0.2) is 0 Å². The Hall–Kier alpha value is -1.59. The summed E-state index contributed by atoms with van der Waals surface area (Å²) in [4.78, 5) is 24.1. The summed E-state index contributed by atoms with van der Waals surface area (Å²) in [6.45, 7) is 4.42. The molecule has 0 spiro atoms. The van der Waals surface area contributed by atoms with E-state index in [9.17, 15) is 9.59 Å². The van der Waals surface area contributed by atoms with Crippen molar-refractivity contribution in [2.24, 2.45) is 11.7 Å². The molecule has 0 heterocycles. The average molecular weight is 340 g/mol. The molecule has 1 fully saturated rings. The number of benzene rings is 1. The Kier molecular flexibility index (Phi) is 7.03. The van der Waals surface area contributed by atoms with E-state index in [2.05, 4.69) is 10.6 Å². The molecule has 2 atom stereocenters. The van der Waals surface area contributed by atoms with Crippen LogP contribution in [-0.2, 0) is 4.79 Å². The highest BCUT2D eigenvalue weighted by atomic mass is 35.5. The van der Waals surface area contributed by atoms with Gasteiger partial charge in [0.1, 0.15) is 0 Å². The van der Waals surface area contributed by atoms with Gasteiger partial charge in [-0.1, -0.05) is 12.8 Å². The predicted octanol–water partition coefficient (Wildman–Crippen LogP) is 2.70. The van der Waals surface area contributed by atoms with Crippen molar-refractivity contribution in [3.05, 3.63) is 29.8 Å². The molecule has 1 aromatic rings. The fourth-order valence-electron chi connectivity index (χ4n) is 2.99. The lowest BCUT2D eigenvalue weighted by atomic mass is 9.74. The fourth-order valence-corrected chi connectivity index (χ4v) is 2.99. The molecule has 0 aromatic heterocycles. The minimum absolute atomic E-state index is 0. The van der Waals surface area contributed by atoms with Crippen LogP contribution in [0.15, 0.2) is 24.3 Å². The standard InChI is InChI=1S/C17H25N3O2.ClH/c1-3-19-15(21)12-7-9-13(10-8-12)20-16(22)14-6-4-5-11-17(14,2)18;/h7-10,14H,3-6,11,18H2,1-2H3,(H,19,21)(H,20,22);1H. The van der Waals surface area contributed by atoms with E-state index in [-0.39, 0.29) is 30.1 Å². The van der Waals surface area contributed by atoms with Gasteiger partial charge in [-0.15, -0.1) is 12.4 Å². The molecular weight excluding hydrogens is 314 g/mol. The highest BCUT2D eigenvalue weighted by Gasteiger charge is 2.37. The van der Waals surface area contributed by atoms with Crippen molar-refractivity contribution in [3.63, 3.8) is 0 Å². The summed E-state index contributed by atoms with van der Waals surface area (Å²) in [5.74, 6) is -0.304. The average Bonchev–Trinajstić information content (AvgIpc) is 2.47. The van der Waals surface area contributed by atoms with E-state index in [1.54, 1.807) is 24.3 Å². The normalized spacial score (nSPS) is 23.5. The van der Waals surface area contributed by atoms with Gasteiger partial charge < -0.3 is 16.4 Å². The van der Waals surface area contributed by atoms with Gasteiger partial charge in [0, 0.05) is 23.3 Å². The Labute approximate surface area is 143 Å². The molecule has 1 aromatic carbocycles. The summed E-state index contributed by atoms with van der Waals surface area (Å²) >= 11 is 0. The van der Waals surface area contributed by atoms with Crippen LogP contribution < -0.4 is 16.4 Å². The molecule has 0 bridgehead atoms. The van der Waals surface area contributed by atoms with E-state index in [4.69, 9.17) is 5.73 Å². The minimum atomic E-state index is -0.441. The first-order valence-corrected chi connectivity index (χ1v) is 7.92. The van der Waals surface area contributed by atoms with Crippen molar-refractivity contribution in [1.29, 1.82) is 0 Å². The second-order valence-electron chi connectivity index (χ2n) is 6.23. The molecule has 128 valence electrons. The molecule has 1 aliphatic carbocycles. The van der Waals surface area contributed by atoms with Crippen LogP contribution in [0.5, 0.6) is 0 Å². The second-order valence-corrected chi connectivity index (χ2v) is 6.23. The molecule has 1 aliphatic rings. The fraction of sp³-hybridized carbons (Fsp3) is 0.529. The Morgan fingerprint density at radius 1 is 1.26 bits per heavy atom. The molecule has 0 saturated heterocycles. The Morgan fingerprint density at radius 2 is 1.91 bits per heavy atom. The van der Waals surface area contributed by atoms with Gasteiger partial charge in [0.05, 0.1) is 5.92 Å². The quantitative estimate of drug-likeness (QED) is 0.788. The number of carbonyl (C=O) groups excluding carboxylic acids is 2. The van der Waals surface area contributed by atoms with Crippen LogP contribution in [0.2, 0.25) is 0 Å². The maximum absolute atomic E-state index is 12.4. The third-order valence-corrected chi connectivity index (χ3v) is 4.32. The van der Waals surface area contributed by atoms with Crippen LogP contribution in [0.1, 0.15) is 49.9 Å². The summed E-state index contributed by atoms with van der Waals surface area (Å²) in [7, 11) is 0. The number of hydrogen-bond donors (Lipinski definition) is 3. The van der Waals surface area contributed by atoms with Crippen molar-refractivity contribution >= 4 is 29.9 Å². The SMILES string of the molecule is CCNC(=O)c1ccc(NC(=O)C2CCCCC2(C)N)cc1.Cl. The first-order chi connectivity index (χ1) is 10.4. The van der Waals surface area contributed by atoms with Crippen LogP contribution in [-0.4, -0.2) is 23.9 Å². The number of carbonyl (C=O) groups is 2. The number of rotatable bonds is 4. The highest BCUT2D eigenvalue weighted by Crippen LogP contribution is 2.32. The Balaban J connectivity index is 0.00000264. The van der Waals surface area contributed by atoms with E-state index in [0.717, 1.165) is 25.7 Å². The molecule has 23 heavy (non-hydrogen) atoms. The number of halogens is 1. The summed E-state index contributed by atoms with van der Waals surface area (Å²) < 4.78 is 0. The van der Waals surface area contributed by atoms with Crippen molar-refractivity contribution in [3.8, 4) is 0 Å². The van der Waals surface area contributed by atoms with Gasteiger partial charge in [-0.2, -0.15) is 0 Å². The van der Waals surface area contributed by atoms with Gasteiger partial charge in [0.25, 0.3) is 5.91 Å². The number of nitrogens with two attached hydrogens (primary N) is 1. The zero-order valence-electron chi connectivity index (χ0n) is 13.7. The maximum atomic E-state index is 12.4. The monoisotopic (exact) mass is 339 g/mol. The third kappa shape index (κ3) is 4.94. The second kappa shape index (κ2) is 8.31. The summed E-state index contributed by atoms with van der Waals surface area (Å²) in [6.07, 6.45) is 3.83. The molecule has 2 amide bonds. The Bertz CT molecular complexity index is 543. The van der Waals surface area contributed by atoms with Gasteiger partial charge in [-0.3, -0.25) is 9.59 Å².